The quantitative estimate of drug-likeness (QED) is 0.919. The number of hydrogen-bond donors (Lipinski definition) is 1. The largest absolute Gasteiger partial charge is 0.495 e. The minimum Gasteiger partial charge on any atom is -0.495 e. The molecule has 1 N–H and O–H groups in total. The summed E-state index contributed by atoms with van der Waals surface area (Å²) in [6.07, 6.45) is 2.72. The lowest BCUT2D eigenvalue weighted by Crippen LogP contribution is -2.45. The predicted octanol–water partition coefficient (Wildman–Crippen LogP) is 1.93. The topological polar surface area (TPSA) is 65.7 Å². The maximum atomic E-state index is 10.3. The van der Waals surface area contributed by atoms with Gasteiger partial charge in [-0.3, -0.25) is 4.90 Å². The SMILES string of the molecule is COc1ccc(CN2CCC[C@@H]2[C@H]2COCC[C@@H]2O)cc1C#N. The molecular formula is C18H24N2O3. The number of likely N-dealkylation sites (tertiary alicyclic amines) is 1. The van der Waals surface area contributed by atoms with Crippen molar-refractivity contribution in [1.29, 1.82) is 5.26 Å². The molecule has 2 saturated heterocycles. The van der Waals surface area contributed by atoms with Crippen LogP contribution in [-0.2, 0) is 11.3 Å². The van der Waals surface area contributed by atoms with Crippen molar-refractivity contribution < 1.29 is 14.6 Å². The maximum Gasteiger partial charge on any atom is 0.136 e. The normalized spacial score (nSPS) is 28.5. The summed E-state index contributed by atoms with van der Waals surface area (Å²) >= 11 is 0. The van der Waals surface area contributed by atoms with Crippen LogP contribution < -0.4 is 4.74 Å². The summed E-state index contributed by atoms with van der Waals surface area (Å²) in [5, 5.41) is 19.5. The summed E-state index contributed by atoms with van der Waals surface area (Å²) in [6, 6.07) is 8.33. The van der Waals surface area contributed by atoms with E-state index >= 15 is 0 Å². The maximum absolute atomic E-state index is 10.3. The number of methoxy groups -OCH3 is 1. The van der Waals surface area contributed by atoms with Crippen molar-refractivity contribution in [1.82, 2.24) is 4.90 Å². The Hall–Kier alpha value is -1.61. The third-order valence-corrected chi connectivity index (χ3v) is 5.04. The summed E-state index contributed by atoms with van der Waals surface area (Å²) < 4.78 is 10.8. The zero-order valence-corrected chi connectivity index (χ0v) is 13.6. The van der Waals surface area contributed by atoms with Gasteiger partial charge in [-0.25, -0.2) is 0 Å². The van der Waals surface area contributed by atoms with Crippen LogP contribution in [0.2, 0.25) is 0 Å². The average Bonchev–Trinajstić information content (AvgIpc) is 3.03. The van der Waals surface area contributed by atoms with Crippen molar-refractivity contribution in [3.8, 4) is 11.8 Å². The molecule has 0 radical (unpaired) electrons. The number of rotatable bonds is 4. The highest BCUT2D eigenvalue weighted by molar-refractivity contribution is 5.45. The summed E-state index contributed by atoms with van der Waals surface area (Å²) in [6.45, 7) is 3.14. The second-order valence-electron chi connectivity index (χ2n) is 6.42. The molecule has 0 spiro atoms. The van der Waals surface area contributed by atoms with Crippen molar-refractivity contribution in [3.05, 3.63) is 29.3 Å². The highest BCUT2D eigenvalue weighted by Gasteiger charge is 2.37. The van der Waals surface area contributed by atoms with E-state index in [1.807, 2.05) is 18.2 Å². The van der Waals surface area contributed by atoms with Crippen LogP contribution in [0.1, 0.15) is 30.4 Å². The monoisotopic (exact) mass is 316 g/mol. The first-order chi connectivity index (χ1) is 11.2. The molecule has 2 fully saturated rings. The van der Waals surface area contributed by atoms with Gasteiger partial charge in [-0.2, -0.15) is 5.26 Å². The van der Waals surface area contributed by atoms with Crippen molar-refractivity contribution in [2.75, 3.05) is 26.9 Å². The molecule has 1 aromatic carbocycles. The highest BCUT2D eigenvalue weighted by Crippen LogP contribution is 2.31. The van der Waals surface area contributed by atoms with E-state index < -0.39 is 0 Å². The second-order valence-corrected chi connectivity index (χ2v) is 6.42. The number of nitriles is 1. The Labute approximate surface area is 137 Å². The fourth-order valence-corrected chi connectivity index (χ4v) is 3.82. The zero-order chi connectivity index (χ0) is 16.2. The Morgan fingerprint density at radius 3 is 3.04 bits per heavy atom. The minimum absolute atomic E-state index is 0.194. The van der Waals surface area contributed by atoms with E-state index in [4.69, 9.17) is 9.47 Å². The third kappa shape index (κ3) is 3.50. The van der Waals surface area contributed by atoms with E-state index in [9.17, 15) is 10.4 Å². The smallest absolute Gasteiger partial charge is 0.136 e. The first-order valence-electron chi connectivity index (χ1n) is 8.30. The van der Waals surface area contributed by atoms with Gasteiger partial charge in [0.2, 0.25) is 0 Å². The summed E-state index contributed by atoms with van der Waals surface area (Å²) in [5.41, 5.74) is 1.68. The van der Waals surface area contributed by atoms with Gasteiger partial charge in [0.1, 0.15) is 11.8 Å². The lowest BCUT2D eigenvalue weighted by molar-refractivity contribution is -0.0636. The van der Waals surface area contributed by atoms with Crippen LogP contribution in [0, 0.1) is 17.2 Å². The molecule has 2 aliphatic heterocycles. The summed E-state index contributed by atoms with van der Waals surface area (Å²) in [7, 11) is 1.58. The fourth-order valence-electron chi connectivity index (χ4n) is 3.82. The zero-order valence-electron chi connectivity index (χ0n) is 13.6. The molecule has 3 atom stereocenters. The van der Waals surface area contributed by atoms with Crippen LogP contribution in [-0.4, -0.2) is 49.0 Å². The standard InChI is InChI=1S/C18H24N2O3/c1-22-18-5-4-13(9-14(18)10-19)11-20-7-2-3-16(20)15-12-23-8-6-17(15)21/h4-5,9,15-17,21H,2-3,6-8,11-12H2,1H3/t15-,16-,17+/m1/s1. The van der Waals surface area contributed by atoms with Crippen molar-refractivity contribution in [3.63, 3.8) is 0 Å². The molecular weight excluding hydrogens is 292 g/mol. The molecule has 0 bridgehead atoms. The molecule has 0 unspecified atom stereocenters. The summed E-state index contributed by atoms with van der Waals surface area (Å²) in [4.78, 5) is 2.42. The van der Waals surface area contributed by atoms with E-state index in [2.05, 4.69) is 11.0 Å². The molecule has 5 nitrogen and oxygen atoms in total. The third-order valence-electron chi connectivity index (χ3n) is 5.04. The van der Waals surface area contributed by atoms with Gasteiger partial charge in [0.15, 0.2) is 0 Å². The number of hydrogen-bond acceptors (Lipinski definition) is 5. The van der Waals surface area contributed by atoms with Gasteiger partial charge in [-0.1, -0.05) is 6.07 Å². The number of ether oxygens (including phenoxy) is 2. The number of benzene rings is 1. The highest BCUT2D eigenvalue weighted by atomic mass is 16.5. The first kappa shape index (κ1) is 16.3. The Morgan fingerprint density at radius 1 is 1.43 bits per heavy atom. The minimum atomic E-state index is -0.264. The second kappa shape index (κ2) is 7.31. The van der Waals surface area contributed by atoms with E-state index in [1.54, 1.807) is 7.11 Å². The molecule has 0 amide bonds. The van der Waals surface area contributed by atoms with Crippen LogP contribution >= 0.6 is 0 Å². The Balaban J connectivity index is 1.72. The molecule has 2 heterocycles. The molecule has 2 aliphatic rings. The Morgan fingerprint density at radius 2 is 2.30 bits per heavy atom. The number of aliphatic hydroxyl groups is 1. The van der Waals surface area contributed by atoms with Gasteiger partial charge in [0, 0.05) is 25.1 Å². The van der Waals surface area contributed by atoms with Crippen molar-refractivity contribution in [2.24, 2.45) is 5.92 Å². The average molecular weight is 316 g/mol. The molecule has 0 aliphatic carbocycles. The molecule has 1 aromatic rings. The van der Waals surface area contributed by atoms with E-state index in [0.717, 1.165) is 37.9 Å². The van der Waals surface area contributed by atoms with Crippen LogP contribution in [0.5, 0.6) is 5.75 Å². The molecule has 5 heteroatoms. The fraction of sp³-hybridized carbons (Fsp3) is 0.611. The molecule has 0 aromatic heterocycles. The number of nitrogens with zero attached hydrogens (tertiary/aromatic N) is 2. The Kier molecular flexibility index (Phi) is 5.16. The van der Waals surface area contributed by atoms with E-state index in [0.29, 0.717) is 30.6 Å². The lowest BCUT2D eigenvalue weighted by Gasteiger charge is -2.37. The molecule has 0 saturated carbocycles. The van der Waals surface area contributed by atoms with E-state index in [1.165, 1.54) is 0 Å². The van der Waals surface area contributed by atoms with Gasteiger partial charge in [0.25, 0.3) is 0 Å². The van der Waals surface area contributed by atoms with Gasteiger partial charge in [-0.15, -0.1) is 0 Å². The van der Waals surface area contributed by atoms with Gasteiger partial charge >= 0.3 is 0 Å². The Bertz CT molecular complexity index is 584. The molecule has 124 valence electrons. The van der Waals surface area contributed by atoms with Gasteiger partial charge < -0.3 is 14.6 Å². The summed E-state index contributed by atoms with van der Waals surface area (Å²) in [5.74, 6) is 0.810. The lowest BCUT2D eigenvalue weighted by atomic mass is 9.89. The van der Waals surface area contributed by atoms with Gasteiger partial charge in [-0.05, 0) is 43.5 Å². The van der Waals surface area contributed by atoms with Crippen LogP contribution in [0.15, 0.2) is 18.2 Å². The van der Waals surface area contributed by atoms with Crippen molar-refractivity contribution in [2.45, 2.75) is 38.0 Å². The molecule has 23 heavy (non-hydrogen) atoms. The van der Waals surface area contributed by atoms with Crippen LogP contribution in [0.25, 0.3) is 0 Å². The van der Waals surface area contributed by atoms with E-state index in [-0.39, 0.29) is 12.0 Å². The van der Waals surface area contributed by atoms with Crippen LogP contribution in [0.3, 0.4) is 0 Å². The van der Waals surface area contributed by atoms with Gasteiger partial charge in [0.05, 0.1) is 25.4 Å². The first-order valence-corrected chi connectivity index (χ1v) is 8.30. The molecule has 3 rings (SSSR count). The number of aliphatic hydroxyl groups excluding tert-OH is 1. The predicted molar refractivity (Wildman–Crippen MR) is 86.1 cm³/mol. The van der Waals surface area contributed by atoms with Crippen LogP contribution in [0.4, 0.5) is 0 Å². The van der Waals surface area contributed by atoms with Crippen molar-refractivity contribution >= 4 is 0 Å².